The molecule has 0 radical (unpaired) electrons. The molecule has 0 amide bonds. The van der Waals surface area contributed by atoms with Crippen molar-refractivity contribution in [3.05, 3.63) is 48.0 Å². The Morgan fingerprint density at radius 2 is 1.81 bits per heavy atom. The van der Waals surface area contributed by atoms with Gasteiger partial charge < -0.3 is 5.32 Å². The lowest BCUT2D eigenvalue weighted by atomic mass is 10.0. The van der Waals surface area contributed by atoms with Gasteiger partial charge in [0.05, 0.1) is 0 Å². The molecule has 3 rings (SSSR count). The van der Waals surface area contributed by atoms with E-state index in [2.05, 4.69) is 47.8 Å². The van der Waals surface area contributed by atoms with Gasteiger partial charge in [0.25, 0.3) is 0 Å². The fourth-order valence-corrected chi connectivity index (χ4v) is 2.32. The van der Waals surface area contributed by atoms with E-state index in [-0.39, 0.29) is 12.4 Å². The normalized spacial score (nSPS) is 22.8. The highest BCUT2D eigenvalue weighted by molar-refractivity contribution is 5.85. The zero-order valence-electron chi connectivity index (χ0n) is 9.31. The Labute approximate surface area is 102 Å². The van der Waals surface area contributed by atoms with Crippen LogP contribution in [0.15, 0.2) is 42.5 Å². The van der Waals surface area contributed by atoms with Crippen molar-refractivity contribution < 1.29 is 0 Å². The average molecular weight is 234 g/mol. The minimum absolute atomic E-state index is 0. The summed E-state index contributed by atoms with van der Waals surface area (Å²) < 4.78 is 0. The Morgan fingerprint density at radius 3 is 2.50 bits per heavy atom. The highest BCUT2D eigenvalue weighted by Crippen LogP contribution is 2.41. The second-order valence-electron chi connectivity index (χ2n) is 4.34. The Hall–Kier alpha value is -1.05. The summed E-state index contributed by atoms with van der Waals surface area (Å²) in [5.74, 6) is 0.736. The Bertz CT molecular complexity index is 495. The van der Waals surface area contributed by atoms with Crippen LogP contribution in [-0.4, -0.2) is 13.1 Å². The molecule has 84 valence electrons. The van der Waals surface area contributed by atoms with Gasteiger partial charge in [-0.2, -0.15) is 0 Å². The Morgan fingerprint density at radius 1 is 1.06 bits per heavy atom. The van der Waals surface area contributed by atoms with Crippen molar-refractivity contribution in [1.29, 1.82) is 0 Å². The van der Waals surface area contributed by atoms with Crippen LogP contribution in [0.4, 0.5) is 0 Å². The van der Waals surface area contributed by atoms with Gasteiger partial charge >= 0.3 is 0 Å². The van der Waals surface area contributed by atoms with Crippen molar-refractivity contribution in [3.8, 4) is 0 Å². The molecule has 1 fully saturated rings. The predicted molar refractivity (Wildman–Crippen MR) is 71.4 cm³/mol. The van der Waals surface area contributed by atoms with Gasteiger partial charge in [-0.25, -0.2) is 0 Å². The van der Waals surface area contributed by atoms with E-state index in [0.717, 1.165) is 5.92 Å². The van der Waals surface area contributed by atoms with E-state index < -0.39 is 0 Å². The van der Waals surface area contributed by atoms with Crippen molar-refractivity contribution in [2.24, 2.45) is 0 Å². The lowest BCUT2D eigenvalue weighted by molar-refractivity contribution is 0.784. The number of benzene rings is 2. The van der Waals surface area contributed by atoms with Crippen LogP contribution >= 0.6 is 12.4 Å². The van der Waals surface area contributed by atoms with Crippen LogP contribution in [0.1, 0.15) is 17.9 Å². The highest BCUT2D eigenvalue weighted by Gasteiger charge is 2.36. The molecule has 0 unspecified atom stereocenters. The number of likely N-dealkylation sites (N-methyl/N-ethyl adjacent to an activating group) is 1. The molecule has 0 bridgehead atoms. The number of nitrogens with one attached hydrogen (secondary N) is 1. The molecule has 16 heavy (non-hydrogen) atoms. The van der Waals surface area contributed by atoms with Gasteiger partial charge in [-0.15, -0.1) is 12.4 Å². The van der Waals surface area contributed by atoms with Crippen LogP contribution in [0.2, 0.25) is 0 Å². The lowest BCUT2D eigenvalue weighted by Crippen LogP contribution is -2.10. The first-order valence-corrected chi connectivity index (χ1v) is 5.54. The maximum atomic E-state index is 3.34. The molecule has 0 aromatic heterocycles. The molecule has 2 aromatic carbocycles. The molecule has 0 heterocycles. The molecule has 1 N–H and O–H groups in total. The van der Waals surface area contributed by atoms with Crippen molar-refractivity contribution >= 4 is 23.2 Å². The quantitative estimate of drug-likeness (QED) is 0.839. The van der Waals surface area contributed by atoms with Crippen LogP contribution in [0.5, 0.6) is 0 Å². The summed E-state index contributed by atoms with van der Waals surface area (Å²) in [4.78, 5) is 0. The number of halogens is 1. The van der Waals surface area contributed by atoms with Crippen molar-refractivity contribution in [2.75, 3.05) is 7.05 Å². The van der Waals surface area contributed by atoms with Gasteiger partial charge in [0.1, 0.15) is 0 Å². The van der Waals surface area contributed by atoms with Crippen LogP contribution in [0, 0.1) is 0 Å². The summed E-state index contributed by atoms with van der Waals surface area (Å²) in [6.45, 7) is 0. The van der Waals surface area contributed by atoms with Gasteiger partial charge in [-0.1, -0.05) is 42.5 Å². The maximum absolute atomic E-state index is 3.34. The first kappa shape index (κ1) is 11.4. The topological polar surface area (TPSA) is 12.0 Å². The first-order valence-electron chi connectivity index (χ1n) is 5.54. The molecule has 1 aliphatic carbocycles. The minimum Gasteiger partial charge on any atom is -0.316 e. The van der Waals surface area contributed by atoms with Crippen LogP contribution in [0.3, 0.4) is 0 Å². The molecule has 0 spiro atoms. The summed E-state index contributed by atoms with van der Waals surface area (Å²) >= 11 is 0. The van der Waals surface area contributed by atoms with E-state index in [0.29, 0.717) is 6.04 Å². The van der Waals surface area contributed by atoms with E-state index >= 15 is 0 Å². The molecule has 0 aliphatic heterocycles. The Kier molecular flexibility index (Phi) is 3.17. The van der Waals surface area contributed by atoms with E-state index in [9.17, 15) is 0 Å². The largest absolute Gasteiger partial charge is 0.316 e. The molecule has 2 heteroatoms. The number of fused-ring (bicyclic) bond motifs is 1. The van der Waals surface area contributed by atoms with Crippen molar-refractivity contribution in [2.45, 2.75) is 18.4 Å². The summed E-state index contributed by atoms with van der Waals surface area (Å²) in [7, 11) is 2.05. The molecule has 0 saturated heterocycles. The molecule has 1 aliphatic rings. The fourth-order valence-electron chi connectivity index (χ4n) is 2.32. The molecular weight excluding hydrogens is 218 g/mol. The number of rotatable bonds is 2. The molecular formula is C14H16ClN. The fraction of sp³-hybridized carbons (Fsp3) is 0.286. The summed E-state index contributed by atoms with van der Waals surface area (Å²) in [5.41, 5.74) is 1.48. The van der Waals surface area contributed by atoms with Crippen molar-refractivity contribution in [3.63, 3.8) is 0 Å². The summed E-state index contributed by atoms with van der Waals surface area (Å²) in [5, 5.41) is 6.03. The monoisotopic (exact) mass is 233 g/mol. The third kappa shape index (κ3) is 1.93. The second-order valence-corrected chi connectivity index (χ2v) is 4.34. The van der Waals surface area contributed by atoms with Crippen LogP contribution in [-0.2, 0) is 0 Å². The molecule has 1 saturated carbocycles. The molecule has 2 atom stereocenters. The first-order chi connectivity index (χ1) is 7.38. The average Bonchev–Trinajstić information content (AvgIpc) is 3.08. The van der Waals surface area contributed by atoms with E-state index in [1.807, 2.05) is 7.05 Å². The van der Waals surface area contributed by atoms with Crippen LogP contribution < -0.4 is 5.32 Å². The third-order valence-electron chi connectivity index (χ3n) is 3.36. The van der Waals surface area contributed by atoms with Crippen LogP contribution in [0.25, 0.3) is 10.8 Å². The molecule has 2 aromatic rings. The van der Waals surface area contributed by atoms with Gasteiger partial charge in [0.2, 0.25) is 0 Å². The van der Waals surface area contributed by atoms with E-state index in [1.165, 1.54) is 22.8 Å². The van der Waals surface area contributed by atoms with Gasteiger partial charge in [-0.3, -0.25) is 0 Å². The SMILES string of the molecule is CN[C@@H]1C[C@H]1c1ccc2ccccc2c1.Cl. The van der Waals surface area contributed by atoms with E-state index in [1.54, 1.807) is 0 Å². The predicted octanol–water partition coefficient (Wildman–Crippen LogP) is 3.34. The second kappa shape index (κ2) is 4.44. The van der Waals surface area contributed by atoms with E-state index in [4.69, 9.17) is 0 Å². The van der Waals surface area contributed by atoms with Gasteiger partial charge in [0, 0.05) is 12.0 Å². The number of hydrogen-bond acceptors (Lipinski definition) is 1. The summed E-state index contributed by atoms with van der Waals surface area (Å²) in [6, 6.07) is 16.1. The van der Waals surface area contributed by atoms with Gasteiger partial charge in [-0.05, 0) is 29.8 Å². The maximum Gasteiger partial charge on any atom is 0.0140 e. The standard InChI is InChI=1S/C14H15N.ClH/c1-15-14-9-13(14)12-7-6-10-4-2-3-5-11(10)8-12;/h2-8,13-15H,9H2,1H3;1H/t13-,14+;/m0./s1. The lowest BCUT2D eigenvalue weighted by Gasteiger charge is -2.02. The zero-order chi connectivity index (χ0) is 10.3. The van der Waals surface area contributed by atoms with Crippen molar-refractivity contribution in [1.82, 2.24) is 5.32 Å². The smallest absolute Gasteiger partial charge is 0.0140 e. The minimum atomic E-state index is 0. The number of hydrogen-bond donors (Lipinski definition) is 1. The Balaban J connectivity index is 0.000000963. The molecule has 1 nitrogen and oxygen atoms in total. The summed E-state index contributed by atoms with van der Waals surface area (Å²) in [6.07, 6.45) is 1.29. The van der Waals surface area contributed by atoms with Gasteiger partial charge in [0.15, 0.2) is 0 Å². The highest BCUT2D eigenvalue weighted by atomic mass is 35.5. The third-order valence-corrected chi connectivity index (χ3v) is 3.36. The zero-order valence-corrected chi connectivity index (χ0v) is 10.1.